The van der Waals surface area contributed by atoms with Crippen LogP contribution in [0.4, 0.5) is 0 Å². The zero-order valence-corrected chi connectivity index (χ0v) is 13.5. The van der Waals surface area contributed by atoms with E-state index in [-0.39, 0.29) is 15.2 Å². The van der Waals surface area contributed by atoms with E-state index in [2.05, 4.69) is 78.2 Å². The van der Waals surface area contributed by atoms with E-state index in [0.717, 1.165) is 0 Å². The Morgan fingerprint density at radius 1 is 0.467 bits per heavy atom. The second-order valence-corrected chi connectivity index (χ2v) is 9.09. The molecule has 0 amide bonds. The minimum absolute atomic E-state index is 0.167. The van der Waals surface area contributed by atoms with Gasteiger partial charge in [0.25, 0.3) is 0 Å². The maximum atomic E-state index is 4.04. The molecule has 0 unspecified atom stereocenters. The first-order chi connectivity index (χ1) is 6.25. The highest BCUT2D eigenvalue weighted by Crippen LogP contribution is 2.76. The molecular weight excluding hydrogens is 248 g/mol. The van der Waals surface area contributed by atoms with Gasteiger partial charge in [-0.2, -0.15) is 0 Å². The van der Waals surface area contributed by atoms with Crippen molar-refractivity contribution in [3.05, 3.63) is 0 Å². The SMILES string of the molecule is CC1(C)C(C)(C)C(C)(C)C(C)(Br)C1(C)C. The quantitative estimate of drug-likeness (QED) is 0.529. The number of rotatable bonds is 0. The summed E-state index contributed by atoms with van der Waals surface area (Å²) in [6, 6.07) is 0. The molecule has 1 fully saturated rings. The number of alkyl halides is 1. The van der Waals surface area contributed by atoms with E-state index in [9.17, 15) is 0 Å². The van der Waals surface area contributed by atoms with Crippen LogP contribution in [0.5, 0.6) is 0 Å². The van der Waals surface area contributed by atoms with Gasteiger partial charge in [-0.1, -0.05) is 71.3 Å². The fourth-order valence-electron chi connectivity index (χ4n) is 3.52. The average molecular weight is 275 g/mol. The van der Waals surface area contributed by atoms with E-state index in [4.69, 9.17) is 0 Å². The van der Waals surface area contributed by atoms with Crippen LogP contribution < -0.4 is 0 Å². The molecule has 1 saturated carbocycles. The lowest BCUT2D eigenvalue weighted by Gasteiger charge is -2.47. The summed E-state index contributed by atoms with van der Waals surface area (Å²) in [5.41, 5.74) is 1.16. The van der Waals surface area contributed by atoms with E-state index < -0.39 is 0 Å². The molecule has 90 valence electrons. The lowest BCUT2D eigenvalue weighted by Crippen LogP contribution is -2.44. The molecule has 0 aliphatic heterocycles. The molecule has 0 aromatic rings. The van der Waals surface area contributed by atoms with Gasteiger partial charge in [-0.15, -0.1) is 0 Å². The monoisotopic (exact) mass is 274 g/mol. The normalized spacial score (nSPS) is 34.0. The summed E-state index contributed by atoms with van der Waals surface area (Å²) in [6.07, 6.45) is 0. The summed E-state index contributed by atoms with van der Waals surface area (Å²) in [5, 5.41) is 0. The first kappa shape index (κ1) is 13.5. The molecule has 0 spiro atoms. The molecular formula is C14H27Br. The van der Waals surface area contributed by atoms with E-state index in [0.29, 0.717) is 10.8 Å². The maximum absolute atomic E-state index is 4.04. The summed E-state index contributed by atoms with van der Waals surface area (Å²) in [4.78, 5) is 0. The lowest BCUT2D eigenvalue weighted by atomic mass is 9.57. The van der Waals surface area contributed by atoms with E-state index in [1.54, 1.807) is 0 Å². The minimum atomic E-state index is 0.167. The molecule has 0 saturated heterocycles. The Morgan fingerprint density at radius 3 is 0.733 bits per heavy atom. The average Bonchev–Trinajstić information content (AvgIpc) is 2.04. The summed E-state index contributed by atoms with van der Waals surface area (Å²) >= 11 is 4.04. The van der Waals surface area contributed by atoms with Gasteiger partial charge in [0.05, 0.1) is 0 Å². The molecule has 0 heterocycles. The molecule has 0 aromatic carbocycles. The lowest BCUT2D eigenvalue weighted by molar-refractivity contribution is 0.0135. The third-order valence-corrected chi connectivity index (χ3v) is 9.02. The Labute approximate surface area is 104 Å². The first-order valence-electron chi connectivity index (χ1n) is 5.94. The van der Waals surface area contributed by atoms with Gasteiger partial charge in [-0.05, 0) is 28.6 Å². The Morgan fingerprint density at radius 2 is 0.667 bits per heavy atom. The molecule has 1 aliphatic carbocycles. The minimum Gasteiger partial charge on any atom is -0.0844 e. The summed E-state index contributed by atoms with van der Waals surface area (Å²) in [7, 11) is 0. The van der Waals surface area contributed by atoms with Crippen molar-refractivity contribution in [1.29, 1.82) is 0 Å². The Kier molecular flexibility index (Phi) is 2.56. The van der Waals surface area contributed by atoms with Crippen molar-refractivity contribution in [3.63, 3.8) is 0 Å². The fourth-order valence-corrected chi connectivity index (χ4v) is 4.51. The summed E-state index contributed by atoms with van der Waals surface area (Å²) in [5.74, 6) is 0. The van der Waals surface area contributed by atoms with Crippen LogP contribution in [0.25, 0.3) is 0 Å². The standard InChI is InChI=1S/C14H27Br/c1-10(2)11(3,4)13(7,8)14(9,15)12(10,5)6/h1-9H3. The van der Waals surface area contributed by atoms with Gasteiger partial charge >= 0.3 is 0 Å². The summed E-state index contributed by atoms with van der Waals surface area (Å²) < 4.78 is 0.167. The molecule has 0 nitrogen and oxygen atoms in total. The van der Waals surface area contributed by atoms with Crippen molar-refractivity contribution in [1.82, 2.24) is 0 Å². The number of hydrogen-bond donors (Lipinski definition) is 0. The van der Waals surface area contributed by atoms with Crippen molar-refractivity contribution in [2.45, 2.75) is 66.6 Å². The van der Waals surface area contributed by atoms with Gasteiger partial charge in [-0.3, -0.25) is 0 Å². The van der Waals surface area contributed by atoms with Crippen LogP contribution in [0.3, 0.4) is 0 Å². The number of hydrogen-bond acceptors (Lipinski definition) is 0. The summed E-state index contributed by atoms with van der Waals surface area (Å²) in [6.45, 7) is 21.6. The van der Waals surface area contributed by atoms with Gasteiger partial charge in [-0.25, -0.2) is 0 Å². The molecule has 1 heteroatoms. The van der Waals surface area contributed by atoms with Crippen LogP contribution in [-0.4, -0.2) is 4.32 Å². The maximum Gasteiger partial charge on any atom is 0.0342 e. The van der Waals surface area contributed by atoms with Crippen LogP contribution >= 0.6 is 15.9 Å². The van der Waals surface area contributed by atoms with Gasteiger partial charge in [0.15, 0.2) is 0 Å². The first-order valence-corrected chi connectivity index (χ1v) is 6.73. The van der Waals surface area contributed by atoms with Crippen molar-refractivity contribution in [2.24, 2.45) is 21.7 Å². The third kappa shape index (κ3) is 1.09. The van der Waals surface area contributed by atoms with Crippen molar-refractivity contribution in [2.75, 3.05) is 0 Å². The second kappa shape index (κ2) is 2.83. The van der Waals surface area contributed by atoms with Gasteiger partial charge in [0.2, 0.25) is 0 Å². The van der Waals surface area contributed by atoms with Crippen LogP contribution in [0.2, 0.25) is 0 Å². The Balaban J connectivity index is 3.55. The van der Waals surface area contributed by atoms with Gasteiger partial charge in [0.1, 0.15) is 0 Å². The second-order valence-electron chi connectivity index (χ2n) is 7.50. The van der Waals surface area contributed by atoms with Crippen molar-refractivity contribution >= 4 is 15.9 Å². The molecule has 0 aromatic heterocycles. The molecule has 15 heavy (non-hydrogen) atoms. The molecule has 0 radical (unpaired) electrons. The van der Waals surface area contributed by atoms with Crippen LogP contribution in [0.15, 0.2) is 0 Å². The highest BCUT2D eigenvalue weighted by molar-refractivity contribution is 9.10. The predicted octanol–water partition coefficient (Wildman–Crippen LogP) is 5.26. The highest BCUT2D eigenvalue weighted by atomic mass is 79.9. The Bertz CT molecular complexity index is 190. The van der Waals surface area contributed by atoms with Gasteiger partial charge in [0, 0.05) is 4.32 Å². The van der Waals surface area contributed by atoms with E-state index in [1.807, 2.05) is 0 Å². The van der Waals surface area contributed by atoms with Crippen LogP contribution in [0, 0.1) is 21.7 Å². The zero-order valence-electron chi connectivity index (χ0n) is 11.9. The fraction of sp³-hybridized carbons (Fsp3) is 1.00. The smallest absolute Gasteiger partial charge is 0.0342 e. The third-order valence-electron chi connectivity index (χ3n) is 7.03. The number of halogens is 1. The van der Waals surface area contributed by atoms with Crippen LogP contribution in [-0.2, 0) is 0 Å². The molecule has 0 bridgehead atoms. The van der Waals surface area contributed by atoms with Crippen molar-refractivity contribution in [3.8, 4) is 0 Å². The zero-order chi connectivity index (χ0) is 12.5. The molecule has 0 atom stereocenters. The van der Waals surface area contributed by atoms with Crippen molar-refractivity contribution < 1.29 is 0 Å². The van der Waals surface area contributed by atoms with Crippen LogP contribution in [0.1, 0.15) is 62.3 Å². The van der Waals surface area contributed by atoms with E-state index >= 15 is 0 Å². The predicted molar refractivity (Wildman–Crippen MR) is 72.5 cm³/mol. The molecule has 1 rings (SSSR count). The largest absolute Gasteiger partial charge is 0.0844 e. The molecule has 0 N–H and O–H groups in total. The topological polar surface area (TPSA) is 0 Å². The van der Waals surface area contributed by atoms with E-state index in [1.165, 1.54) is 0 Å². The van der Waals surface area contributed by atoms with Gasteiger partial charge < -0.3 is 0 Å². The highest BCUT2D eigenvalue weighted by Gasteiger charge is 2.72. The molecule has 1 aliphatic rings. The Hall–Kier alpha value is 0.480.